The van der Waals surface area contributed by atoms with Crippen molar-refractivity contribution in [3.8, 4) is 0 Å². The predicted molar refractivity (Wildman–Crippen MR) is 53.9 cm³/mol. The van der Waals surface area contributed by atoms with Gasteiger partial charge < -0.3 is 10.6 Å². The minimum absolute atomic E-state index is 0.220. The first-order valence-corrected chi connectivity index (χ1v) is 4.75. The van der Waals surface area contributed by atoms with Gasteiger partial charge in [-0.2, -0.15) is 13.2 Å². The maximum Gasteiger partial charge on any atom is 0.413 e. The van der Waals surface area contributed by atoms with Crippen molar-refractivity contribution in [2.24, 2.45) is 0 Å². The molecule has 18 heavy (non-hydrogen) atoms. The molecule has 3 nitrogen and oxygen atoms in total. The number of halogens is 5. The first-order valence-electron chi connectivity index (χ1n) is 4.75. The summed E-state index contributed by atoms with van der Waals surface area (Å²) >= 11 is 0. The van der Waals surface area contributed by atoms with E-state index in [1.54, 1.807) is 0 Å². The largest absolute Gasteiger partial charge is 0.413 e. The summed E-state index contributed by atoms with van der Waals surface area (Å²) in [6.45, 7) is 0. The van der Waals surface area contributed by atoms with Gasteiger partial charge in [-0.15, -0.1) is 0 Å². The number of anilines is 1. The van der Waals surface area contributed by atoms with Crippen LogP contribution in [0.25, 0.3) is 0 Å². The molecule has 0 heterocycles. The topological polar surface area (TPSA) is 41.1 Å². The molecule has 0 radical (unpaired) electrons. The van der Waals surface area contributed by atoms with E-state index < -0.39 is 29.4 Å². The number of alkyl halides is 3. The van der Waals surface area contributed by atoms with Crippen LogP contribution in [0.4, 0.5) is 27.6 Å². The van der Waals surface area contributed by atoms with Crippen molar-refractivity contribution in [3.63, 3.8) is 0 Å². The van der Waals surface area contributed by atoms with Gasteiger partial charge in [0.05, 0.1) is 0 Å². The molecule has 8 heteroatoms. The summed E-state index contributed by atoms with van der Waals surface area (Å²) in [4.78, 5) is 10.2. The van der Waals surface area contributed by atoms with Gasteiger partial charge in [0, 0.05) is 18.3 Å². The lowest BCUT2D eigenvalue weighted by molar-refractivity contribution is -0.160. The zero-order valence-electron chi connectivity index (χ0n) is 9.11. The van der Waals surface area contributed by atoms with Crippen LogP contribution in [0.2, 0.25) is 0 Å². The molecule has 1 amide bonds. The average molecular weight is 268 g/mol. The molecule has 0 aliphatic rings. The normalized spacial score (nSPS) is 13.0. The Labute approximate surface area is 99.0 Å². The van der Waals surface area contributed by atoms with Crippen LogP contribution in [0, 0.1) is 11.6 Å². The summed E-state index contributed by atoms with van der Waals surface area (Å²) in [5, 5.41) is 3.74. The molecule has 1 aromatic rings. The molecule has 1 aromatic carbocycles. The van der Waals surface area contributed by atoms with E-state index in [-0.39, 0.29) is 12.1 Å². The third kappa shape index (κ3) is 2.69. The van der Waals surface area contributed by atoms with E-state index in [9.17, 15) is 26.7 Å². The van der Waals surface area contributed by atoms with Gasteiger partial charge in [0.2, 0.25) is 6.41 Å². The second kappa shape index (κ2) is 5.19. The van der Waals surface area contributed by atoms with Crippen molar-refractivity contribution >= 4 is 12.1 Å². The van der Waals surface area contributed by atoms with E-state index in [4.69, 9.17) is 0 Å². The molecule has 0 fully saturated rings. The summed E-state index contributed by atoms with van der Waals surface area (Å²) in [5.41, 5.74) is -1.25. The minimum atomic E-state index is -4.94. The number of hydrogen-bond acceptors (Lipinski definition) is 2. The van der Waals surface area contributed by atoms with Gasteiger partial charge in [-0.25, -0.2) is 8.78 Å². The van der Waals surface area contributed by atoms with Crippen LogP contribution in [-0.2, 0) is 4.79 Å². The maximum atomic E-state index is 13.5. The first-order chi connectivity index (χ1) is 8.32. The highest BCUT2D eigenvalue weighted by Gasteiger charge is 2.43. The summed E-state index contributed by atoms with van der Waals surface area (Å²) in [5.74, 6) is -3.08. The third-order valence-electron chi connectivity index (χ3n) is 2.25. The molecule has 0 saturated heterocycles. The molecule has 1 rings (SSSR count). The fraction of sp³-hybridized carbons (Fsp3) is 0.300. The molecule has 0 aromatic heterocycles. The van der Waals surface area contributed by atoms with Crippen molar-refractivity contribution in [2.45, 2.75) is 12.2 Å². The van der Waals surface area contributed by atoms with Crippen LogP contribution in [0.5, 0.6) is 0 Å². The molecule has 2 N–H and O–H groups in total. The maximum absolute atomic E-state index is 13.5. The van der Waals surface area contributed by atoms with Crippen molar-refractivity contribution < 1.29 is 26.7 Å². The van der Waals surface area contributed by atoms with E-state index >= 15 is 0 Å². The van der Waals surface area contributed by atoms with Crippen molar-refractivity contribution in [2.75, 3.05) is 12.4 Å². The van der Waals surface area contributed by atoms with Gasteiger partial charge in [-0.3, -0.25) is 4.79 Å². The van der Waals surface area contributed by atoms with Crippen LogP contribution in [0.1, 0.15) is 11.6 Å². The van der Waals surface area contributed by atoms with Gasteiger partial charge in [-0.05, 0) is 12.1 Å². The highest BCUT2D eigenvalue weighted by molar-refractivity contribution is 5.57. The molecule has 0 spiro atoms. The first kappa shape index (κ1) is 14.2. The van der Waals surface area contributed by atoms with Gasteiger partial charge in [-0.1, -0.05) is 0 Å². The van der Waals surface area contributed by atoms with E-state index in [1.165, 1.54) is 12.4 Å². The van der Waals surface area contributed by atoms with E-state index in [0.29, 0.717) is 6.07 Å². The lowest BCUT2D eigenvalue weighted by atomic mass is 10.0. The Morgan fingerprint density at radius 1 is 1.28 bits per heavy atom. The Bertz CT molecular complexity index is 447. The Hall–Kier alpha value is -1.86. The number of hydrogen-bond donors (Lipinski definition) is 2. The standard InChI is InChI=1S/C10H9F5N2O/c1-16-6-3-2-5(11)8(12)7(6)9(17-4-18)10(13,14)15/h2-4,9,16H,1H3,(H,17,18). The summed E-state index contributed by atoms with van der Waals surface area (Å²) in [6, 6.07) is -0.967. The van der Waals surface area contributed by atoms with E-state index in [1.807, 2.05) is 0 Å². The molecule has 1 unspecified atom stereocenters. The van der Waals surface area contributed by atoms with Gasteiger partial charge >= 0.3 is 6.18 Å². The highest BCUT2D eigenvalue weighted by atomic mass is 19.4. The van der Waals surface area contributed by atoms with Crippen LogP contribution in [0.3, 0.4) is 0 Å². The quantitative estimate of drug-likeness (QED) is 0.650. The monoisotopic (exact) mass is 268 g/mol. The summed E-state index contributed by atoms with van der Waals surface area (Å²) in [7, 11) is 1.25. The van der Waals surface area contributed by atoms with Crippen LogP contribution >= 0.6 is 0 Å². The smallest absolute Gasteiger partial charge is 0.388 e. The number of rotatable bonds is 4. The fourth-order valence-electron chi connectivity index (χ4n) is 1.48. The third-order valence-corrected chi connectivity index (χ3v) is 2.25. The number of amides is 1. The van der Waals surface area contributed by atoms with Crippen molar-refractivity contribution in [1.29, 1.82) is 0 Å². The Kier molecular flexibility index (Phi) is 4.10. The molecular weight excluding hydrogens is 259 g/mol. The summed E-state index contributed by atoms with van der Waals surface area (Å²) in [6.07, 6.45) is -5.16. The molecular formula is C10H9F5N2O. The predicted octanol–water partition coefficient (Wildman–Crippen LogP) is 2.36. The van der Waals surface area contributed by atoms with Crippen molar-refractivity contribution in [3.05, 3.63) is 29.3 Å². The van der Waals surface area contributed by atoms with Gasteiger partial charge in [0.25, 0.3) is 0 Å². The lowest BCUT2D eigenvalue weighted by Gasteiger charge is -2.23. The van der Waals surface area contributed by atoms with Gasteiger partial charge in [0.15, 0.2) is 17.7 Å². The zero-order chi connectivity index (χ0) is 13.9. The SMILES string of the molecule is CNc1ccc(F)c(F)c1C(NC=O)C(F)(F)F. The Balaban J connectivity index is 3.43. The van der Waals surface area contributed by atoms with Crippen LogP contribution in [-0.4, -0.2) is 19.6 Å². The minimum Gasteiger partial charge on any atom is -0.388 e. The number of carbonyl (C=O) groups is 1. The Morgan fingerprint density at radius 3 is 2.33 bits per heavy atom. The number of nitrogens with one attached hydrogen (secondary N) is 2. The number of benzene rings is 1. The molecule has 0 bridgehead atoms. The lowest BCUT2D eigenvalue weighted by Crippen LogP contribution is -2.34. The Morgan fingerprint density at radius 2 is 1.89 bits per heavy atom. The summed E-state index contributed by atoms with van der Waals surface area (Å²) < 4.78 is 64.5. The molecule has 0 saturated carbocycles. The molecule has 100 valence electrons. The fourth-order valence-corrected chi connectivity index (χ4v) is 1.48. The van der Waals surface area contributed by atoms with Crippen molar-refractivity contribution in [1.82, 2.24) is 5.32 Å². The molecule has 1 atom stereocenters. The average Bonchev–Trinajstić information content (AvgIpc) is 2.29. The van der Waals surface area contributed by atoms with Crippen LogP contribution < -0.4 is 10.6 Å². The number of carbonyl (C=O) groups excluding carboxylic acids is 1. The highest BCUT2D eigenvalue weighted by Crippen LogP contribution is 2.38. The van der Waals surface area contributed by atoms with E-state index in [0.717, 1.165) is 6.07 Å². The molecule has 0 aliphatic heterocycles. The molecule has 0 aliphatic carbocycles. The van der Waals surface area contributed by atoms with E-state index in [2.05, 4.69) is 5.32 Å². The van der Waals surface area contributed by atoms with Crippen LogP contribution in [0.15, 0.2) is 12.1 Å². The second-order valence-corrected chi connectivity index (χ2v) is 3.33. The van der Waals surface area contributed by atoms with Gasteiger partial charge in [0.1, 0.15) is 0 Å². The zero-order valence-corrected chi connectivity index (χ0v) is 9.11. The second-order valence-electron chi connectivity index (χ2n) is 3.33.